The molecular weight excluding hydrogens is 470 g/mol. The maximum atomic E-state index is 13.7. The van der Waals surface area contributed by atoms with E-state index in [4.69, 9.17) is 13.9 Å². The van der Waals surface area contributed by atoms with Crippen LogP contribution in [0.5, 0.6) is 17.2 Å². The van der Waals surface area contributed by atoms with Gasteiger partial charge in [0.15, 0.2) is 11.5 Å². The van der Waals surface area contributed by atoms with Crippen LogP contribution in [0.3, 0.4) is 0 Å². The normalized spacial score (nSPS) is 14.8. The van der Waals surface area contributed by atoms with Gasteiger partial charge < -0.3 is 23.9 Å². The number of carbonyl (C=O) groups is 1. The highest BCUT2D eigenvalue weighted by Crippen LogP contribution is 2.47. The van der Waals surface area contributed by atoms with Gasteiger partial charge in [0.25, 0.3) is 5.91 Å². The number of rotatable bonds is 9. The number of aryl methyl sites for hydroxylation is 2. The molecule has 192 valence electrons. The van der Waals surface area contributed by atoms with E-state index < -0.39 is 6.04 Å². The van der Waals surface area contributed by atoms with E-state index in [0.717, 1.165) is 23.1 Å². The van der Waals surface area contributed by atoms with Gasteiger partial charge in [0.1, 0.15) is 22.9 Å². The Labute approximate surface area is 215 Å². The van der Waals surface area contributed by atoms with Gasteiger partial charge in [-0.3, -0.25) is 9.89 Å². The molecule has 8 heteroatoms. The Bertz CT molecular complexity index is 1400. The highest BCUT2D eigenvalue weighted by molar-refractivity contribution is 6.00. The molecule has 2 aromatic heterocycles. The zero-order chi connectivity index (χ0) is 26.1. The fourth-order valence-corrected chi connectivity index (χ4v) is 5.01. The molecule has 0 saturated heterocycles. The van der Waals surface area contributed by atoms with Crippen LogP contribution >= 0.6 is 0 Å². The summed E-state index contributed by atoms with van der Waals surface area (Å²) in [6, 6.07) is 12.6. The molecule has 2 N–H and O–H groups in total. The van der Waals surface area contributed by atoms with Crippen molar-refractivity contribution in [2.24, 2.45) is 0 Å². The molecule has 3 heterocycles. The average molecular weight is 502 g/mol. The Kier molecular flexibility index (Phi) is 6.65. The third-order valence-corrected chi connectivity index (χ3v) is 6.51. The monoisotopic (exact) mass is 501 g/mol. The molecule has 0 radical (unpaired) electrons. The van der Waals surface area contributed by atoms with Gasteiger partial charge in [-0.25, -0.2) is 0 Å². The van der Waals surface area contributed by atoms with E-state index in [0.29, 0.717) is 53.0 Å². The number of hydrogen-bond acceptors (Lipinski definition) is 6. The number of fused-ring (bicyclic) bond motifs is 1. The van der Waals surface area contributed by atoms with E-state index in [9.17, 15) is 9.90 Å². The van der Waals surface area contributed by atoms with Crippen molar-refractivity contribution in [3.05, 3.63) is 82.4 Å². The van der Waals surface area contributed by atoms with Crippen molar-refractivity contribution in [3.8, 4) is 28.5 Å². The fourth-order valence-electron chi connectivity index (χ4n) is 5.01. The Morgan fingerprint density at radius 3 is 2.65 bits per heavy atom. The van der Waals surface area contributed by atoms with Crippen LogP contribution in [0, 0.1) is 13.8 Å². The highest BCUT2D eigenvalue weighted by atomic mass is 16.5. The summed E-state index contributed by atoms with van der Waals surface area (Å²) in [5, 5.41) is 18.4. The summed E-state index contributed by atoms with van der Waals surface area (Å²) in [7, 11) is 0. The predicted octanol–water partition coefficient (Wildman–Crippen LogP) is 5.93. The van der Waals surface area contributed by atoms with Gasteiger partial charge in [0.05, 0.1) is 32.1 Å². The zero-order valence-electron chi connectivity index (χ0n) is 21.5. The first-order valence-corrected chi connectivity index (χ1v) is 12.5. The van der Waals surface area contributed by atoms with Gasteiger partial charge in [0.2, 0.25) is 0 Å². The molecule has 0 bridgehead atoms. The summed E-state index contributed by atoms with van der Waals surface area (Å²) >= 11 is 0. The molecule has 1 aliphatic rings. The minimum atomic E-state index is -0.485. The van der Waals surface area contributed by atoms with E-state index in [1.54, 1.807) is 23.3 Å². The largest absolute Gasteiger partial charge is 0.507 e. The SMILES string of the molecule is CCCOc1ccc(C2c3c(-c4c(C)cc(C)cc4O)n[nH]c3C(=O)N2Cc2ccco2)cc1OCC. The lowest BCUT2D eigenvalue weighted by atomic mass is 9.93. The van der Waals surface area contributed by atoms with Crippen LogP contribution in [0.25, 0.3) is 11.3 Å². The summed E-state index contributed by atoms with van der Waals surface area (Å²) in [5.41, 5.74) is 4.93. The first-order chi connectivity index (χ1) is 17.9. The number of phenols is 1. The van der Waals surface area contributed by atoms with Gasteiger partial charge >= 0.3 is 0 Å². The number of nitrogens with zero attached hydrogens (tertiary/aromatic N) is 2. The molecule has 1 aliphatic heterocycles. The van der Waals surface area contributed by atoms with Crippen LogP contribution in [0.15, 0.2) is 53.1 Å². The second kappa shape index (κ2) is 10.0. The molecule has 4 aromatic rings. The Morgan fingerprint density at radius 1 is 1.11 bits per heavy atom. The Morgan fingerprint density at radius 2 is 1.95 bits per heavy atom. The molecule has 1 unspecified atom stereocenters. The molecule has 1 amide bonds. The summed E-state index contributed by atoms with van der Waals surface area (Å²) in [5.74, 6) is 1.88. The molecule has 1 atom stereocenters. The Balaban J connectivity index is 1.67. The van der Waals surface area contributed by atoms with E-state index in [-0.39, 0.29) is 18.2 Å². The molecule has 0 spiro atoms. The maximum absolute atomic E-state index is 13.7. The molecule has 0 aliphatic carbocycles. The number of aromatic nitrogens is 2. The number of furan rings is 1. The van der Waals surface area contributed by atoms with Crippen molar-refractivity contribution in [2.75, 3.05) is 13.2 Å². The average Bonchev–Trinajstić information content (AvgIpc) is 3.58. The summed E-state index contributed by atoms with van der Waals surface area (Å²) < 4.78 is 17.4. The Hall–Kier alpha value is -4.20. The number of benzene rings is 2. The molecule has 0 saturated carbocycles. The number of aromatic amines is 1. The fraction of sp³-hybridized carbons (Fsp3) is 0.310. The second-order valence-corrected chi connectivity index (χ2v) is 9.24. The number of phenolic OH excluding ortho intramolecular Hbond substituents is 1. The van der Waals surface area contributed by atoms with Crippen molar-refractivity contribution in [1.82, 2.24) is 15.1 Å². The number of amides is 1. The lowest BCUT2D eigenvalue weighted by molar-refractivity contribution is 0.0716. The molecule has 8 nitrogen and oxygen atoms in total. The third-order valence-electron chi connectivity index (χ3n) is 6.51. The van der Waals surface area contributed by atoms with Gasteiger partial charge in [0, 0.05) is 11.1 Å². The first-order valence-electron chi connectivity index (χ1n) is 12.5. The number of H-pyrrole nitrogens is 1. The van der Waals surface area contributed by atoms with Gasteiger partial charge in [-0.15, -0.1) is 0 Å². The summed E-state index contributed by atoms with van der Waals surface area (Å²) in [6.07, 6.45) is 2.47. The van der Waals surface area contributed by atoms with Crippen molar-refractivity contribution >= 4 is 5.91 Å². The van der Waals surface area contributed by atoms with Crippen molar-refractivity contribution < 1.29 is 23.8 Å². The molecular formula is C29H31N3O5. The van der Waals surface area contributed by atoms with Crippen molar-refractivity contribution in [3.63, 3.8) is 0 Å². The van der Waals surface area contributed by atoms with E-state index in [1.807, 2.05) is 51.1 Å². The quantitative estimate of drug-likeness (QED) is 0.295. The van der Waals surface area contributed by atoms with Crippen LogP contribution in [-0.4, -0.2) is 39.3 Å². The summed E-state index contributed by atoms with van der Waals surface area (Å²) in [4.78, 5) is 15.4. The summed E-state index contributed by atoms with van der Waals surface area (Å²) in [6.45, 7) is 9.17. The third kappa shape index (κ3) is 4.43. The van der Waals surface area contributed by atoms with Gasteiger partial charge in [-0.1, -0.05) is 19.1 Å². The van der Waals surface area contributed by atoms with E-state index in [1.165, 1.54) is 0 Å². The topological polar surface area (TPSA) is 101 Å². The van der Waals surface area contributed by atoms with Gasteiger partial charge in [-0.05, 0) is 74.2 Å². The number of carbonyl (C=O) groups excluding carboxylic acids is 1. The molecule has 2 aromatic carbocycles. The molecule has 5 rings (SSSR count). The van der Waals surface area contributed by atoms with E-state index >= 15 is 0 Å². The number of nitrogens with one attached hydrogen (secondary N) is 1. The molecule has 37 heavy (non-hydrogen) atoms. The maximum Gasteiger partial charge on any atom is 0.273 e. The second-order valence-electron chi connectivity index (χ2n) is 9.24. The lowest BCUT2D eigenvalue weighted by Gasteiger charge is -2.26. The van der Waals surface area contributed by atoms with Gasteiger partial charge in [-0.2, -0.15) is 5.10 Å². The smallest absolute Gasteiger partial charge is 0.273 e. The first kappa shape index (κ1) is 24.5. The van der Waals surface area contributed by atoms with Crippen LogP contribution < -0.4 is 9.47 Å². The van der Waals surface area contributed by atoms with Crippen LogP contribution in [0.1, 0.15) is 64.8 Å². The predicted molar refractivity (Wildman–Crippen MR) is 139 cm³/mol. The number of hydrogen-bond donors (Lipinski definition) is 2. The number of ether oxygens (including phenoxy) is 2. The van der Waals surface area contributed by atoms with Crippen LogP contribution in [0.2, 0.25) is 0 Å². The minimum absolute atomic E-state index is 0.126. The van der Waals surface area contributed by atoms with Crippen LogP contribution in [0.4, 0.5) is 0 Å². The molecule has 0 fully saturated rings. The lowest BCUT2D eigenvalue weighted by Crippen LogP contribution is -2.29. The standard InChI is InChI=1S/C29H31N3O5/c1-5-11-37-22-10-9-19(15-23(22)35-6-2)28-25-26(24-18(4)13-17(3)14-21(24)33)30-31-27(25)29(34)32(28)16-20-8-7-12-36-20/h7-10,12-15,28,33H,5-6,11,16H2,1-4H3,(H,30,31). The van der Waals surface area contributed by atoms with E-state index in [2.05, 4.69) is 17.1 Å². The number of aromatic hydroxyl groups is 1. The minimum Gasteiger partial charge on any atom is -0.507 e. The van der Waals surface area contributed by atoms with Crippen LogP contribution in [-0.2, 0) is 6.54 Å². The highest BCUT2D eigenvalue weighted by Gasteiger charge is 2.43. The zero-order valence-corrected chi connectivity index (χ0v) is 21.5. The van der Waals surface area contributed by atoms with Crippen molar-refractivity contribution in [1.29, 1.82) is 0 Å². The van der Waals surface area contributed by atoms with Crippen molar-refractivity contribution in [2.45, 2.75) is 46.7 Å².